The molecule has 33 heavy (non-hydrogen) atoms. The Hall–Kier alpha value is -2.94. The van der Waals surface area contributed by atoms with Crippen LogP contribution in [0.1, 0.15) is 12.8 Å². The molecule has 5 atom stereocenters. The standard InChI is InChI=1S/C24H24ClN3O5/c25-15-8-4-5-9-16(15)27-22(31)20-24-11-10-17(33-24)18(19(24)23(32)28(20)12-13-29)21(30)26-14-6-2-1-3-7-14/h1-9,17-20,29H,10-13H2,(H,26,30)(H,27,31)/t17-,18+,19+,20?,24?/m1/s1. The smallest absolute Gasteiger partial charge is 0.250 e. The van der Waals surface area contributed by atoms with Crippen molar-refractivity contribution in [3.63, 3.8) is 0 Å². The average Bonchev–Trinajstić information content (AvgIpc) is 3.44. The summed E-state index contributed by atoms with van der Waals surface area (Å²) in [6.07, 6.45) is 0.597. The Kier molecular flexibility index (Phi) is 5.60. The number of aliphatic hydroxyl groups excluding tert-OH is 1. The highest BCUT2D eigenvalue weighted by atomic mass is 35.5. The maximum absolute atomic E-state index is 13.5. The van der Waals surface area contributed by atoms with E-state index in [4.69, 9.17) is 16.3 Å². The molecule has 3 aliphatic rings. The maximum Gasteiger partial charge on any atom is 0.250 e. The SMILES string of the molecule is O=C(Nc1ccccc1Cl)C1N(CCO)C(=O)[C@@H]2[C@@H](C(=O)Nc3ccccc3)[C@H]3CCC12O3. The number of hydrogen-bond donors (Lipinski definition) is 3. The molecule has 172 valence electrons. The van der Waals surface area contributed by atoms with Crippen LogP contribution in [-0.4, -0.2) is 58.6 Å². The zero-order valence-electron chi connectivity index (χ0n) is 17.7. The van der Waals surface area contributed by atoms with Crippen LogP contribution < -0.4 is 10.6 Å². The van der Waals surface area contributed by atoms with Crippen molar-refractivity contribution in [1.29, 1.82) is 0 Å². The average molecular weight is 470 g/mol. The van der Waals surface area contributed by atoms with Crippen LogP contribution in [0, 0.1) is 11.8 Å². The first-order valence-electron chi connectivity index (χ1n) is 11.0. The van der Waals surface area contributed by atoms with E-state index in [1.54, 1.807) is 36.4 Å². The first-order valence-corrected chi connectivity index (χ1v) is 11.3. The van der Waals surface area contributed by atoms with Crippen LogP contribution in [0.2, 0.25) is 5.02 Å². The monoisotopic (exact) mass is 469 g/mol. The van der Waals surface area contributed by atoms with E-state index in [1.165, 1.54) is 4.90 Å². The van der Waals surface area contributed by atoms with Gasteiger partial charge in [0.05, 0.1) is 35.3 Å². The van der Waals surface area contributed by atoms with Crippen LogP contribution in [0.25, 0.3) is 0 Å². The molecule has 2 bridgehead atoms. The van der Waals surface area contributed by atoms with Gasteiger partial charge in [0.2, 0.25) is 17.7 Å². The summed E-state index contributed by atoms with van der Waals surface area (Å²) in [5.74, 6) is -2.61. The topological polar surface area (TPSA) is 108 Å². The largest absolute Gasteiger partial charge is 0.395 e. The highest BCUT2D eigenvalue weighted by molar-refractivity contribution is 6.33. The molecule has 8 nitrogen and oxygen atoms in total. The summed E-state index contributed by atoms with van der Waals surface area (Å²) in [7, 11) is 0. The van der Waals surface area contributed by atoms with Crippen molar-refractivity contribution in [2.24, 2.45) is 11.8 Å². The lowest BCUT2D eigenvalue weighted by Gasteiger charge is -2.33. The number of para-hydroxylation sites is 2. The lowest BCUT2D eigenvalue weighted by molar-refractivity contribution is -0.140. The highest BCUT2D eigenvalue weighted by Gasteiger charge is 2.74. The third-order valence-electron chi connectivity index (χ3n) is 6.87. The number of carbonyl (C=O) groups is 3. The molecule has 5 rings (SSSR count). The minimum atomic E-state index is -1.12. The Morgan fingerprint density at radius 1 is 1.09 bits per heavy atom. The quantitative estimate of drug-likeness (QED) is 0.601. The van der Waals surface area contributed by atoms with Crippen molar-refractivity contribution in [3.05, 3.63) is 59.6 Å². The van der Waals surface area contributed by atoms with Gasteiger partial charge in [-0.1, -0.05) is 41.9 Å². The number of hydrogen-bond acceptors (Lipinski definition) is 5. The predicted molar refractivity (Wildman–Crippen MR) is 122 cm³/mol. The molecule has 3 N–H and O–H groups in total. The summed E-state index contributed by atoms with van der Waals surface area (Å²) in [4.78, 5) is 41.6. The molecule has 3 fully saturated rings. The van der Waals surface area contributed by atoms with E-state index in [2.05, 4.69) is 10.6 Å². The van der Waals surface area contributed by atoms with Crippen molar-refractivity contribution in [3.8, 4) is 0 Å². The molecule has 3 heterocycles. The summed E-state index contributed by atoms with van der Waals surface area (Å²) in [5, 5.41) is 15.7. The third-order valence-corrected chi connectivity index (χ3v) is 7.19. The van der Waals surface area contributed by atoms with Crippen molar-refractivity contribution >= 4 is 40.7 Å². The Morgan fingerprint density at radius 2 is 1.82 bits per heavy atom. The molecular weight excluding hydrogens is 446 g/mol. The number of anilines is 2. The number of rotatable bonds is 6. The van der Waals surface area contributed by atoms with Gasteiger partial charge >= 0.3 is 0 Å². The fraction of sp³-hybridized carbons (Fsp3) is 0.375. The van der Waals surface area contributed by atoms with E-state index < -0.39 is 35.5 Å². The van der Waals surface area contributed by atoms with Crippen molar-refractivity contribution in [2.75, 3.05) is 23.8 Å². The van der Waals surface area contributed by atoms with E-state index in [-0.39, 0.29) is 25.0 Å². The molecule has 2 aromatic carbocycles. The maximum atomic E-state index is 13.5. The number of aliphatic hydroxyl groups is 1. The van der Waals surface area contributed by atoms with Gasteiger partial charge in [-0.05, 0) is 37.1 Å². The molecule has 0 aromatic heterocycles. The molecule has 3 saturated heterocycles. The number of fused-ring (bicyclic) bond motifs is 1. The van der Waals surface area contributed by atoms with Crippen molar-refractivity contribution < 1.29 is 24.2 Å². The first kappa shape index (κ1) is 21.9. The van der Waals surface area contributed by atoms with Gasteiger partial charge in [0.1, 0.15) is 11.6 Å². The zero-order chi connectivity index (χ0) is 23.2. The van der Waals surface area contributed by atoms with Crippen molar-refractivity contribution in [1.82, 2.24) is 4.90 Å². The van der Waals surface area contributed by atoms with Crippen LogP contribution >= 0.6 is 11.6 Å². The summed E-state index contributed by atoms with van der Waals surface area (Å²) in [6, 6.07) is 14.9. The number of carbonyl (C=O) groups excluding carboxylic acids is 3. The Morgan fingerprint density at radius 3 is 2.55 bits per heavy atom. The molecule has 0 radical (unpaired) electrons. The van der Waals surface area contributed by atoms with E-state index in [0.717, 1.165) is 0 Å². The lowest BCUT2D eigenvalue weighted by Crippen LogP contribution is -2.53. The molecule has 9 heteroatoms. The summed E-state index contributed by atoms with van der Waals surface area (Å²) >= 11 is 6.21. The van der Waals surface area contributed by atoms with Crippen LogP contribution in [0.5, 0.6) is 0 Å². The second-order valence-electron chi connectivity index (χ2n) is 8.64. The first-order chi connectivity index (χ1) is 16.0. The van der Waals surface area contributed by atoms with Crippen LogP contribution in [0.15, 0.2) is 54.6 Å². The number of ether oxygens (including phenoxy) is 1. The highest BCUT2D eigenvalue weighted by Crippen LogP contribution is 2.58. The molecule has 0 aliphatic carbocycles. The fourth-order valence-electron chi connectivity index (χ4n) is 5.61. The predicted octanol–water partition coefficient (Wildman–Crippen LogP) is 2.28. The Bertz CT molecular complexity index is 1100. The number of halogens is 1. The van der Waals surface area contributed by atoms with Crippen LogP contribution in [0.3, 0.4) is 0 Å². The summed E-state index contributed by atoms with van der Waals surface area (Å²) in [6.45, 7) is -0.340. The van der Waals surface area contributed by atoms with E-state index in [1.807, 2.05) is 18.2 Å². The summed E-state index contributed by atoms with van der Waals surface area (Å²) < 4.78 is 6.31. The number of nitrogens with zero attached hydrogens (tertiary/aromatic N) is 1. The minimum Gasteiger partial charge on any atom is -0.395 e. The number of benzene rings is 2. The molecular formula is C24H24ClN3O5. The number of β-amino-alcohol motifs (C(OH)–C–C–N with tert-alkyl or cyclic N) is 1. The number of likely N-dealkylation sites (tertiary alicyclic amines) is 1. The molecule has 1 spiro atoms. The van der Waals surface area contributed by atoms with Gasteiger partial charge in [-0.25, -0.2) is 0 Å². The van der Waals surface area contributed by atoms with Gasteiger partial charge in [-0.2, -0.15) is 0 Å². The normalized spacial score (nSPS) is 29.8. The van der Waals surface area contributed by atoms with Gasteiger partial charge < -0.3 is 25.4 Å². The molecule has 3 aliphatic heterocycles. The molecule has 0 saturated carbocycles. The second-order valence-corrected chi connectivity index (χ2v) is 9.04. The lowest BCUT2D eigenvalue weighted by atomic mass is 9.70. The van der Waals surface area contributed by atoms with Gasteiger partial charge in [-0.3, -0.25) is 14.4 Å². The van der Waals surface area contributed by atoms with Gasteiger partial charge in [0, 0.05) is 12.2 Å². The Balaban J connectivity index is 1.46. The van der Waals surface area contributed by atoms with Crippen molar-refractivity contribution in [2.45, 2.75) is 30.6 Å². The second kappa shape index (κ2) is 8.44. The van der Waals surface area contributed by atoms with E-state index in [9.17, 15) is 19.5 Å². The minimum absolute atomic E-state index is 0.0290. The zero-order valence-corrected chi connectivity index (χ0v) is 18.5. The molecule has 3 amide bonds. The Labute approximate surface area is 195 Å². The van der Waals surface area contributed by atoms with Crippen LogP contribution in [0.4, 0.5) is 11.4 Å². The fourth-order valence-corrected chi connectivity index (χ4v) is 5.80. The van der Waals surface area contributed by atoms with Gasteiger partial charge in [0.15, 0.2) is 0 Å². The van der Waals surface area contributed by atoms with E-state index in [0.29, 0.717) is 29.2 Å². The molecule has 2 unspecified atom stereocenters. The van der Waals surface area contributed by atoms with Gasteiger partial charge in [0.25, 0.3) is 0 Å². The number of amides is 3. The van der Waals surface area contributed by atoms with Crippen LogP contribution in [-0.2, 0) is 19.1 Å². The summed E-state index contributed by atoms with van der Waals surface area (Å²) in [5.41, 5.74) is -0.0719. The number of nitrogens with one attached hydrogen (secondary N) is 2. The third kappa shape index (κ3) is 3.49. The molecule has 2 aromatic rings. The van der Waals surface area contributed by atoms with Gasteiger partial charge in [-0.15, -0.1) is 0 Å². The van der Waals surface area contributed by atoms with E-state index >= 15 is 0 Å².